The number of aryl methyl sites for hydroxylation is 2. The van der Waals surface area contributed by atoms with E-state index < -0.39 is 0 Å². The maximum absolute atomic E-state index is 4.63. The number of imidazole rings is 1. The Balaban J connectivity index is 1.94. The molecule has 0 bridgehead atoms. The van der Waals surface area contributed by atoms with E-state index in [0.717, 1.165) is 46.0 Å². The van der Waals surface area contributed by atoms with Crippen molar-refractivity contribution in [3.63, 3.8) is 0 Å². The smallest absolute Gasteiger partial charge is 0.136 e. The van der Waals surface area contributed by atoms with E-state index in [4.69, 9.17) is 0 Å². The van der Waals surface area contributed by atoms with Crippen LogP contribution in [-0.4, -0.2) is 24.6 Å². The summed E-state index contributed by atoms with van der Waals surface area (Å²) in [5, 5.41) is 7.70. The molecule has 1 N–H and O–H groups in total. The zero-order valence-electron chi connectivity index (χ0n) is 13.1. The van der Waals surface area contributed by atoms with Gasteiger partial charge in [-0.3, -0.25) is 10.1 Å². The van der Waals surface area contributed by atoms with E-state index in [2.05, 4.69) is 39.4 Å². The molecule has 0 atom stereocenters. The molecule has 0 aromatic carbocycles. The zero-order chi connectivity index (χ0) is 15.8. The van der Waals surface area contributed by atoms with Gasteiger partial charge in [0.15, 0.2) is 0 Å². The van der Waals surface area contributed by atoms with E-state index >= 15 is 0 Å². The number of hydrogen-bond acceptors (Lipinski definition) is 3. The molecule has 23 heavy (non-hydrogen) atoms. The van der Waals surface area contributed by atoms with Gasteiger partial charge < -0.3 is 4.40 Å². The molecule has 4 aromatic heterocycles. The van der Waals surface area contributed by atoms with Crippen molar-refractivity contribution in [3.05, 3.63) is 60.3 Å². The normalized spacial score (nSPS) is 11.2. The van der Waals surface area contributed by atoms with Crippen molar-refractivity contribution in [2.75, 3.05) is 0 Å². The maximum atomic E-state index is 4.63. The van der Waals surface area contributed by atoms with Crippen molar-refractivity contribution in [3.8, 4) is 22.5 Å². The predicted molar refractivity (Wildman–Crippen MR) is 90.1 cm³/mol. The molecule has 4 heterocycles. The molecule has 114 valence electrons. The van der Waals surface area contributed by atoms with Crippen molar-refractivity contribution in [1.82, 2.24) is 24.6 Å². The van der Waals surface area contributed by atoms with Gasteiger partial charge in [0.25, 0.3) is 0 Å². The van der Waals surface area contributed by atoms with Gasteiger partial charge >= 0.3 is 0 Å². The minimum absolute atomic E-state index is 0.885. The first-order valence-corrected chi connectivity index (χ1v) is 7.70. The lowest BCUT2D eigenvalue weighted by molar-refractivity contribution is 0.975. The van der Waals surface area contributed by atoms with Crippen LogP contribution in [0.4, 0.5) is 0 Å². The lowest BCUT2D eigenvalue weighted by atomic mass is 10.0. The van der Waals surface area contributed by atoms with Gasteiger partial charge in [-0.2, -0.15) is 5.10 Å². The van der Waals surface area contributed by atoms with Crippen LogP contribution in [0.3, 0.4) is 0 Å². The number of nitrogens with zero attached hydrogens (tertiary/aromatic N) is 4. The second-order valence-corrected chi connectivity index (χ2v) is 5.55. The SMILES string of the molecule is CCc1[nH]nc(-c2cccc(C)n2)c1-c1ccc2nccn2c1. The highest BCUT2D eigenvalue weighted by Crippen LogP contribution is 2.32. The molecule has 0 spiro atoms. The number of pyridine rings is 2. The van der Waals surface area contributed by atoms with Gasteiger partial charge in [-0.05, 0) is 37.6 Å². The molecule has 4 rings (SSSR count). The average molecular weight is 303 g/mol. The molecule has 5 heteroatoms. The summed E-state index contributed by atoms with van der Waals surface area (Å²) in [7, 11) is 0. The summed E-state index contributed by atoms with van der Waals surface area (Å²) in [5.41, 5.74) is 7.04. The van der Waals surface area contributed by atoms with Crippen LogP contribution in [-0.2, 0) is 6.42 Å². The van der Waals surface area contributed by atoms with Crippen LogP contribution < -0.4 is 0 Å². The first kappa shape index (κ1) is 13.7. The van der Waals surface area contributed by atoms with Gasteiger partial charge in [-0.25, -0.2) is 4.98 Å². The van der Waals surface area contributed by atoms with E-state index in [-0.39, 0.29) is 0 Å². The number of rotatable bonds is 3. The summed E-state index contributed by atoms with van der Waals surface area (Å²) >= 11 is 0. The zero-order valence-corrected chi connectivity index (χ0v) is 13.1. The molecule has 0 aliphatic rings. The van der Waals surface area contributed by atoms with Crippen molar-refractivity contribution < 1.29 is 0 Å². The lowest BCUT2D eigenvalue weighted by Crippen LogP contribution is -1.92. The van der Waals surface area contributed by atoms with E-state index in [1.807, 2.05) is 41.8 Å². The molecule has 0 radical (unpaired) electrons. The largest absolute Gasteiger partial charge is 0.306 e. The molecular weight excluding hydrogens is 286 g/mol. The summed E-state index contributed by atoms with van der Waals surface area (Å²) < 4.78 is 2.02. The molecule has 0 aliphatic heterocycles. The summed E-state index contributed by atoms with van der Waals surface area (Å²) in [6, 6.07) is 10.1. The first-order chi connectivity index (χ1) is 11.3. The Labute approximate surface area is 134 Å². The van der Waals surface area contributed by atoms with Gasteiger partial charge in [-0.15, -0.1) is 0 Å². The minimum atomic E-state index is 0.885. The second kappa shape index (κ2) is 5.35. The highest BCUT2D eigenvalue weighted by Gasteiger charge is 2.17. The van der Waals surface area contributed by atoms with Crippen LogP contribution in [0.15, 0.2) is 48.9 Å². The summed E-state index contributed by atoms with van der Waals surface area (Å²) in [4.78, 5) is 8.93. The summed E-state index contributed by atoms with van der Waals surface area (Å²) in [6.45, 7) is 4.12. The predicted octanol–water partition coefficient (Wildman–Crippen LogP) is 3.66. The number of aromatic nitrogens is 5. The van der Waals surface area contributed by atoms with Gasteiger partial charge in [0.2, 0.25) is 0 Å². The molecule has 0 aliphatic carbocycles. The monoisotopic (exact) mass is 303 g/mol. The minimum Gasteiger partial charge on any atom is -0.306 e. The number of aromatic amines is 1. The Hall–Kier alpha value is -2.95. The van der Waals surface area contributed by atoms with Crippen LogP contribution in [0.5, 0.6) is 0 Å². The van der Waals surface area contributed by atoms with Gasteiger partial charge in [0.05, 0.1) is 5.69 Å². The summed E-state index contributed by atoms with van der Waals surface area (Å²) in [6.07, 6.45) is 6.73. The Bertz CT molecular complexity index is 980. The molecule has 0 saturated carbocycles. The van der Waals surface area contributed by atoms with Crippen molar-refractivity contribution in [1.29, 1.82) is 0 Å². The molecule has 0 saturated heterocycles. The molecule has 0 amide bonds. The quantitative estimate of drug-likeness (QED) is 0.628. The van der Waals surface area contributed by atoms with Crippen LogP contribution in [0.25, 0.3) is 28.2 Å². The van der Waals surface area contributed by atoms with Crippen LogP contribution in [0, 0.1) is 6.92 Å². The third-order valence-electron chi connectivity index (χ3n) is 4.00. The Morgan fingerprint density at radius 3 is 2.91 bits per heavy atom. The van der Waals surface area contributed by atoms with E-state index in [1.54, 1.807) is 6.20 Å². The van der Waals surface area contributed by atoms with Crippen LogP contribution >= 0.6 is 0 Å². The van der Waals surface area contributed by atoms with Crippen molar-refractivity contribution in [2.24, 2.45) is 0 Å². The second-order valence-electron chi connectivity index (χ2n) is 5.55. The number of nitrogens with one attached hydrogen (secondary N) is 1. The first-order valence-electron chi connectivity index (χ1n) is 7.70. The molecule has 5 nitrogen and oxygen atoms in total. The van der Waals surface area contributed by atoms with E-state index in [9.17, 15) is 0 Å². The Morgan fingerprint density at radius 2 is 2.09 bits per heavy atom. The van der Waals surface area contributed by atoms with Gasteiger partial charge in [-0.1, -0.05) is 13.0 Å². The Morgan fingerprint density at radius 1 is 1.17 bits per heavy atom. The van der Waals surface area contributed by atoms with Crippen molar-refractivity contribution >= 4 is 5.65 Å². The Kier molecular flexibility index (Phi) is 3.19. The number of fused-ring (bicyclic) bond motifs is 1. The average Bonchev–Trinajstić information content (AvgIpc) is 3.20. The fourth-order valence-electron chi connectivity index (χ4n) is 2.87. The third kappa shape index (κ3) is 2.30. The van der Waals surface area contributed by atoms with Crippen LogP contribution in [0.2, 0.25) is 0 Å². The van der Waals surface area contributed by atoms with E-state index in [1.165, 1.54) is 0 Å². The maximum Gasteiger partial charge on any atom is 0.136 e. The highest BCUT2D eigenvalue weighted by atomic mass is 15.1. The fraction of sp³-hybridized carbons (Fsp3) is 0.167. The van der Waals surface area contributed by atoms with Gasteiger partial charge in [0, 0.05) is 41.1 Å². The topological polar surface area (TPSA) is 58.9 Å². The van der Waals surface area contributed by atoms with Gasteiger partial charge in [0.1, 0.15) is 11.3 Å². The van der Waals surface area contributed by atoms with E-state index in [0.29, 0.717) is 0 Å². The molecule has 0 fully saturated rings. The number of H-pyrrole nitrogens is 1. The van der Waals surface area contributed by atoms with Crippen molar-refractivity contribution in [2.45, 2.75) is 20.3 Å². The molecule has 0 unspecified atom stereocenters. The standard InChI is InChI=1S/C18H17N5/c1-3-14-17(13-7-8-16-19-9-10-23(16)11-13)18(22-21-14)15-6-4-5-12(2)20-15/h4-11H,3H2,1-2H3,(H,21,22). The molecule has 4 aromatic rings. The lowest BCUT2D eigenvalue weighted by Gasteiger charge is -2.06. The number of hydrogen-bond donors (Lipinski definition) is 1. The fourth-order valence-corrected chi connectivity index (χ4v) is 2.87. The highest BCUT2D eigenvalue weighted by molar-refractivity contribution is 5.81. The summed E-state index contributed by atoms with van der Waals surface area (Å²) in [5.74, 6) is 0. The molecular formula is C18H17N5. The van der Waals surface area contributed by atoms with Crippen LogP contribution in [0.1, 0.15) is 18.3 Å². The third-order valence-corrected chi connectivity index (χ3v) is 4.00.